The highest BCUT2D eigenvalue weighted by Crippen LogP contribution is 2.21. The van der Waals surface area contributed by atoms with Crippen molar-refractivity contribution in [1.29, 1.82) is 0 Å². The van der Waals surface area contributed by atoms with Gasteiger partial charge in [0.05, 0.1) is 16.9 Å². The number of aromatic nitrogens is 5. The number of hydrogen-bond acceptors (Lipinski definition) is 3. The third-order valence-corrected chi connectivity index (χ3v) is 3.34. The summed E-state index contributed by atoms with van der Waals surface area (Å²) in [5, 5.41) is 8.88. The average molecular weight is 306 g/mol. The summed E-state index contributed by atoms with van der Waals surface area (Å²) < 4.78 is 4.48. The lowest BCUT2D eigenvalue weighted by Gasteiger charge is -2.02. The van der Waals surface area contributed by atoms with E-state index in [1.807, 2.05) is 43.6 Å². The molecular formula is C12H12BrN5. The SMILES string of the molecule is Cc1nc(C)n2nc(-c3cc(Br)nn3C)ccc12. The van der Waals surface area contributed by atoms with Gasteiger partial charge < -0.3 is 0 Å². The summed E-state index contributed by atoms with van der Waals surface area (Å²) in [6.07, 6.45) is 0. The van der Waals surface area contributed by atoms with Gasteiger partial charge in [0.25, 0.3) is 0 Å². The zero-order valence-corrected chi connectivity index (χ0v) is 11.9. The van der Waals surface area contributed by atoms with Crippen LogP contribution in [-0.2, 0) is 7.05 Å². The fraction of sp³-hybridized carbons (Fsp3) is 0.250. The van der Waals surface area contributed by atoms with E-state index in [0.717, 1.165) is 33.0 Å². The number of imidazole rings is 1. The first-order valence-electron chi connectivity index (χ1n) is 5.59. The monoisotopic (exact) mass is 305 g/mol. The van der Waals surface area contributed by atoms with Crippen molar-refractivity contribution >= 4 is 21.4 Å². The Morgan fingerprint density at radius 2 is 1.94 bits per heavy atom. The molecule has 3 aromatic heterocycles. The highest BCUT2D eigenvalue weighted by molar-refractivity contribution is 9.10. The van der Waals surface area contributed by atoms with E-state index in [9.17, 15) is 0 Å². The van der Waals surface area contributed by atoms with Gasteiger partial charge in [-0.2, -0.15) is 10.2 Å². The highest BCUT2D eigenvalue weighted by atomic mass is 79.9. The first kappa shape index (κ1) is 11.4. The molecule has 0 aliphatic carbocycles. The van der Waals surface area contributed by atoms with Crippen molar-refractivity contribution in [1.82, 2.24) is 24.4 Å². The zero-order valence-electron chi connectivity index (χ0n) is 10.3. The minimum Gasteiger partial charge on any atom is -0.265 e. The van der Waals surface area contributed by atoms with Crippen molar-refractivity contribution in [2.45, 2.75) is 13.8 Å². The summed E-state index contributed by atoms with van der Waals surface area (Å²) >= 11 is 3.37. The molecule has 6 heteroatoms. The number of halogens is 1. The lowest BCUT2D eigenvalue weighted by Crippen LogP contribution is -2.00. The van der Waals surface area contributed by atoms with Crippen LogP contribution in [0.25, 0.3) is 16.9 Å². The molecule has 5 nitrogen and oxygen atoms in total. The van der Waals surface area contributed by atoms with Gasteiger partial charge in [-0.1, -0.05) is 0 Å². The maximum atomic E-state index is 4.61. The van der Waals surface area contributed by atoms with Crippen molar-refractivity contribution in [3.63, 3.8) is 0 Å². The lowest BCUT2D eigenvalue weighted by molar-refractivity contribution is 0.760. The molecule has 0 amide bonds. The van der Waals surface area contributed by atoms with E-state index in [4.69, 9.17) is 0 Å². The fourth-order valence-electron chi connectivity index (χ4n) is 2.10. The lowest BCUT2D eigenvalue weighted by atomic mass is 10.2. The molecule has 0 aromatic carbocycles. The second-order valence-corrected chi connectivity index (χ2v) is 5.05. The molecule has 3 rings (SSSR count). The van der Waals surface area contributed by atoms with Gasteiger partial charge in [-0.3, -0.25) is 4.68 Å². The van der Waals surface area contributed by atoms with Crippen LogP contribution in [0, 0.1) is 13.8 Å². The Balaban J connectivity index is 2.25. The fourth-order valence-corrected chi connectivity index (χ4v) is 2.55. The van der Waals surface area contributed by atoms with E-state index < -0.39 is 0 Å². The molecule has 0 unspecified atom stereocenters. The standard InChI is InChI=1S/C12H12BrN5/c1-7-10-5-4-9(15-18(10)8(2)14-7)11-6-12(13)16-17(11)3/h4-6H,1-3H3. The molecule has 3 heterocycles. The van der Waals surface area contributed by atoms with Gasteiger partial charge in [-0.05, 0) is 41.9 Å². The first-order valence-corrected chi connectivity index (χ1v) is 6.38. The van der Waals surface area contributed by atoms with Crippen LogP contribution in [0.1, 0.15) is 11.5 Å². The predicted octanol–water partition coefficient (Wildman–Crippen LogP) is 2.51. The van der Waals surface area contributed by atoms with Crippen LogP contribution in [0.4, 0.5) is 0 Å². The van der Waals surface area contributed by atoms with E-state index in [-0.39, 0.29) is 0 Å². The van der Waals surface area contributed by atoms with E-state index in [2.05, 4.69) is 31.1 Å². The van der Waals surface area contributed by atoms with E-state index in [1.165, 1.54) is 0 Å². The quantitative estimate of drug-likeness (QED) is 0.694. The van der Waals surface area contributed by atoms with Crippen molar-refractivity contribution < 1.29 is 0 Å². The normalized spacial score (nSPS) is 11.3. The highest BCUT2D eigenvalue weighted by Gasteiger charge is 2.11. The molecule has 0 atom stereocenters. The second kappa shape index (κ2) is 3.91. The summed E-state index contributed by atoms with van der Waals surface area (Å²) in [5.41, 5.74) is 3.88. The van der Waals surface area contributed by atoms with Crippen LogP contribution in [-0.4, -0.2) is 24.4 Å². The molecule has 0 radical (unpaired) electrons. The summed E-state index contributed by atoms with van der Waals surface area (Å²) in [6.45, 7) is 3.94. The Kier molecular flexibility index (Phi) is 2.48. The van der Waals surface area contributed by atoms with Gasteiger partial charge in [0, 0.05) is 13.1 Å². The minimum atomic E-state index is 0.806. The van der Waals surface area contributed by atoms with Crippen molar-refractivity contribution in [3.05, 3.63) is 34.3 Å². The molecule has 0 spiro atoms. The van der Waals surface area contributed by atoms with Gasteiger partial charge in [0.1, 0.15) is 16.1 Å². The van der Waals surface area contributed by atoms with Crippen LogP contribution in [0.5, 0.6) is 0 Å². The van der Waals surface area contributed by atoms with Gasteiger partial charge in [-0.25, -0.2) is 9.50 Å². The van der Waals surface area contributed by atoms with Crippen LogP contribution in [0.15, 0.2) is 22.8 Å². The topological polar surface area (TPSA) is 48.0 Å². The molecule has 92 valence electrons. The smallest absolute Gasteiger partial charge is 0.128 e. The van der Waals surface area contributed by atoms with E-state index in [1.54, 1.807) is 4.68 Å². The second-order valence-electron chi connectivity index (χ2n) is 4.24. The zero-order chi connectivity index (χ0) is 12.9. The molecule has 0 aliphatic rings. The third-order valence-electron chi connectivity index (χ3n) is 2.95. The number of rotatable bonds is 1. The maximum Gasteiger partial charge on any atom is 0.128 e. The van der Waals surface area contributed by atoms with Crippen molar-refractivity contribution in [3.8, 4) is 11.4 Å². The third kappa shape index (κ3) is 1.64. The molecule has 0 N–H and O–H groups in total. The van der Waals surface area contributed by atoms with Gasteiger partial charge >= 0.3 is 0 Å². The summed E-state index contributed by atoms with van der Waals surface area (Å²) in [5.74, 6) is 0.894. The van der Waals surface area contributed by atoms with Gasteiger partial charge in [0.15, 0.2) is 0 Å². The van der Waals surface area contributed by atoms with Crippen molar-refractivity contribution in [2.24, 2.45) is 7.05 Å². The predicted molar refractivity (Wildman–Crippen MR) is 72.4 cm³/mol. The minimum absolute atomic E-state index is 0.806. The Labute approximate surface area is 113 Å². The molecular weight excluding hydrogens is 294 g/mol. The van der Waals surface area contributed by atoms with E-state index >= 15 is 0 Å². The number of aryl methyl sites for hydroxylation is 3. The average Bonchev–Trinajstić information content (AvgIpc) is 2.80. The number of hydrogen-bond donors (Lipinski definition) is 0. The molecule has 0 fully saturated rings. The van der Waals surface area contributed by atoms with Gasteiger partial charge in [-0.15, -0.1) is 0 Å². The Hall–Kier alpha value is -1.69. The van der Waals surface area contributed by atoms with Gasteiger partial charge in [0.2, 0.25) is 0 Å². The van der Waals surface area contributed by atoms with E-state index in [0.29, 0.717) is 0 Å². The molecule has 0 bridgehead atoms. The Morgan fingerprint density at radius 1 is 1.17 bits per heavy atom. The van der Waals surface area contributed by atoms with Crippen LogP contribution in [0.3, 0.4) is 0 Å². The largest absolute Gasteiger partial charge is 0.265 e. The van der Waals surface area contributed by atoms with Crippen LogP contribution < -0.4 is 0 Å². The Morgan fingerprint density at radius 3 is 2.61 bits per heavy atom. The first-order chi connectivity index (χ1) is 8.56. The molecule has 18 heavy (non-hydrogen) atoms. The van der Waals surface area contributed by atoms with Crippen molar-refractivity contribution in [2.75, 3.05) is 0 Å². The van der Waals surface area contributed by atoms with Crippen LogP contribution >= 0.6 is 15.9 Å². The summed E-state index contributed by atoms with van der Waals surface area (Å²) in [6, 6.07) is 5.98. The summed E-state index contributed by atoms with van der Waals surface area (Å²) in [7, 11) is 1.90. The molecule has 0 saturated heterocycles. The molecule has 0 aliphatic heterocycles. The number of fused-ring (bicyclic) bond motifs is 1. The maximum absolute atomic E-state index is 4.61. The Bertz CT molecular complexity index is 740. The molecule has 3 aromatic rings. The van der Waals surface area contributed by atoms with Crippen LogP contribution in [0.2, 0.25) is 0 Å². The number of nitrogens with zero attached hydrogens (tertiary/aromatic N) is 5. The summed E-state index contributed by atoms with van der Waals surface area (Å²) in [4.78, 5) is 4.42. The molecule has 0 saturated carbocycles.